The zero-order valence-corrected chi connectivity index (χ0v) is 16.0. The Morgan fingerprint density at radius 1 is 1.27 bits per heavy atom. The third-order valence-corrected chi connectivity index (χ3v) is 4.76. The van der Waals surface area contributed by atoms with E-state index >= 15 is 0 Å². The molecule has 1 aliphatic heterocycles. The van der Waals surface area contributed by atoms with Crippen LogP contribution >= 0.6 is 0 Å². The molecular formula is C20H29N3O3. The Morgan fingerprint density at radius 2 is 2.04 bits per heavy atom. The lowest BCUT2D eigenvalue weighted by Crippen LogP contribution is -2.54. The monoisotopic (exact) mass is 359 g/mol. The number of ether oxygens (including phenoxy) is 1. The third kappa shape index (κ3) is 4.74. The molecule has 0 spiro atoms. The third-order valence-electron chi connectivity index (χ3n) is 4.76. The van der Waals surface area contributed by atoms with Crippen LogP contribution in [0.1, 0.15) is 58.4 Å². The van der Waals surface area contributed by atoms with Gasteiger partial charge < -0.3 is 9.64 Å². The number of amides is 2. The van der Waals surface area contributed by atoms with Crippen LogP contribution in [0.15, 0.2) is 24.5 Å². The minimum absolute atomic E-state index is 0.0434. The number of carbonyl (C=O) groups excluding carboxylic acids is 2. The smallest absolute Gasteiger partial charge is 0.410 e. The Labute approximate surface area is 155 Å². The maximum Gasteiger partial charge on any atom is 0.410 e. The molecule has 3 rings (SSSR count). The first kappa shape index (κ1) is 18.7. The molecule has 1 saturated heterocycles. The summed E-state index contributed by atoms with van der Waals surface area (Å²) in [6.45, 7) is 6.69. The topological polar surface area (TPSA) is 62.7 Å². The highest BCUT2D eigenvalue weighted by Crippen LogP contribution is 2.31. The van der Waals surface area contributed by atoms with Gasteiger partial charge in [-0.25, -0.2) is 4.79 Å². The van der Waals surface area contributed by atoms with E-state index < -0.39 is 11.6 Å². The zero-order chi connectivity index (χ0) is 18.7. The van der Waals surface area contributed by atoms with Crippen LogP contribution in [0.4, 0.5) is 4.79 Å². The van der Waals surface area contributed by atoms with Crippen molar-refractivity contribution in [3.63, 3.8) is 0 Å². The number of hydrogen-bond donors (Lipinski definition) is 0. The quantitative estimate of drug-likeness (QED) is 0.827. The zero-order valence-electron chi connectivity index (χ0n) is 16.0. The Balaban J connectivity index is 1.74. The van der Waals surface area contributed by atoms with Crippen molar-refractivity contribution in [3.8, 4) is 0 Å². The maximum absolute atomic E-state index is 13.3. The number of pyridine rings is 1. The van der Waals surface area contributed by atoms with E-state index in [9.17, 15) is 9.59 Å². The van der Waals surface area contributed by atoms with Crippen LogP contribution in [-0.4, -0.2) is 51.0 Å². The lowest BCUT2D eigenvalue weighted by Gasteiger charge is -2.38. The highest BCUT2D eigenvalue weighted by atomic mass is 16.6. The van der Waals surface area contributed by atoms with Gasteiger partial charge in [0.1, 0.15) is 11.6 Å². The molecule has 1 aromatic heterocycles. The normalized spacial score (nSPS) is 20.6. The predicted octanol–water partition coefficient (Wildman–Crippen LogP) is 3.36. The number of aromatic nitrogens is 1. The van der Waals surface area contributed by atoms with Crippen molar-refractivity contribution in [1.82, 2.24) is 14.8 Å². The lowest BCUT2D eigenvalue weighted by molar-refractivity contribution is -0.139. The van der Waals surface area contributed by atoms with E-state index in [1.165, 1.54) is 0 Å². The number of nitrogens with zero attached hydrogens (tertiary/aromatic N) is 3. The molecule has 0 N–H and O–H groups in total. The Bertz CT molecular complexity index is 637. The van der Waals surface area contributed by atoms with Crippen molar-refractivity contribution in [2.45, 2.75) is 77.1 Å². The number of carbonyl (C=O) groups is 2. The van der Waals surface area contributed by atoms with Gasteiger partial charge in [0.05, 0.1) is 0 Å². The van der Waals surface area contributed by atoms with Gasteiger partial charge in [0.25, 0.3) is 0 Å². The molecule has 0 bridgehead atoms. The van der Waals surface area contributed by atoms with Gasteiger partial charge in [-0.1, -0.05) is 6.07 Å². The van der Waals surface area contributed by atoms with Gasteiger partial charge >= 0.3 is 6.09 Å². The maximum atomic E-state index is 13.3. The standard InChI is InChI=1S/C20H29N3O3/c1-20(2,3)26-19(25)22-12-5-4-8-17(22)18(24)23(16-9-10-16)14-15-7-6-11-21-13-15/h6-7,11,13,16-17H,4-5,8-10,12,14H2,1-3H3/t17-/m0/s1. The van der Waals surface area contributed by atoms with Crippen molar-refractivity contribution < 1.29 is 14.3 Å². The molecule has 2 heterocycles. The van der Waals surface area contributed by atoms with Crippen LogP contribution in [0.5, 0.6) is 0 Å². The molecule has 2 aliphatic rings. The van der Waals surface area contributed by atoms with Crippen LogP contribution < -0.4 is 0 Å². The SMILES string of the molecule is CC(C)(C)OC(=O)N1CCCC[C@H]1C(=O)N(Cc1cccnc1)C1CC1. The Hall–Kier alpha value is -2.11. The highest BCUT2D eigenvalue weighted by Gasteiger charge is 2.41. The van der Waals surface area contributed by atoms with Crippen molar-refractivity contribution >= 4 is 12.0 Å². The fourth-order valence-corrected chi connectivity index (χ4v) is 3.38. The average molecular weight is 359 g/mol. The molecular weight excluding hydrogens is 330 g/mol. The second-order valence-electron chi connectivity index (χ2n) is 8.24. The summed E-state index contributed by atoms with van der Waals surface area (Å²) in [6, 6.07) is 3.74. The Kier molecular flexibility index (Phi) is 5.49. The summed E-state index contributed by atoms with van der Waals surface area (Å²) in [5.74, 6) is 0.0434. The van der Waals surface area contributed by atoms with Crippen molar-refractivity contribution in [2.24, 2.45) is 0 Å². The van der Waals surface area contributed by atoms with E-state index in [0.717, 1.165) is 31.2 Å². The minimum atomic E-state index is -0.561. The molecule has 0 aromatic carbocycles. The fraction of sp³-hybridized carbons (Fsp3) is 0.650. The van der Waals surface area contributed by atoms with Crippen LogP contribution in [0.25, 0.3) is 0 Å². The van der Waals surface area contributed by atoms with Crippen LogP contribution in [-0.2, 0) is 16.1 Å². The average Bonchev–Trinajstić information content (AvgIpc) is 3.43. The van der Waals surface area contributed by atoms with Gasteiger partial charge in [-0.05, 0) is 64.5 Å². The molecule has 6 heteroatoms. The largest absolute Gasteiger partial charge is 0.444 e. The molecule has 26 heavy (non-hydrogen) atoms. The number of piperidine rings is 1. The van der Waals surface area contributed by atoms with Gasteiger partial charge in [-0.3, -0.25) is 14.7 Å². The van der Waals surface area contributed by atoms with Gasteiger partial charge in [0.15, 0.2) is 0 Å². The van der Waals surface area contributed by atoms with Gasteiger partial charge in [0, 0.05) is 31.5 Å². The number of likely N-dealkylation sites (tertiary alicyclic amines) is 1. The van der Waals surface area contributed by atoms with E-state index in [4.69, 9.17) is 4.74 Å². The summed E-state index contributed by atoms with van der Waals surface area (Å²) >= 11 is 0. The van der Waals surface area contributed by atoms with Gasteiger partial charge in [0.2, 0.25) is 5.91 Å². The number of rotatable bonds is 4. The number of hydrogen-bond acceptors (Lipinski definition) is 4. The summed E-state index contributed by atoms with van der Waals surface area (Å²) in [7, 11) is 0. The van der Waals surface area contributed by atoms with Crippen LogP contribution in [0.2, 0.25) is 0 Å². The predicted molar refractivity (Wildman–Crippen MR) is 98.4 cm³/mol. The van der Waals surface area contributed by atoms with E-state index in [-0.39, 0.29) is 18.0 Å². The molecule has 1 aliphatic carbocycles. The molecule has 142 valence electrons. The van der Waals surface area contributed by atoms with Crippen LogP contribution in [0.3, 0.4) is 0 Å². The summed E-state index contributed by atoms with van der Waals surface area (Å²) in [5.41, 5.74) is 0.459. The fourth-order valence-electron chi connectivity index (χ4n) is 3.38. The second kappa shape index (κ2) is 7.64. The molecule has 0 radical (unpaired) electrons. The minimum Gasteiger partial charge on any atom is -0.444 e. The van der Waals surface area contributed by atoms with Gasteiger partial charge in [-0.2, -0.15) is 0 Å². The molecule has 6 nitrogen and oxygen atoms in total. The summed E-state index contributed by atoms with van der Waals surface area (Å²) in [6.07, 6.45) is 7.79. The molecule has 0 unspecified atom stereocenters. The molecule has 1 atom stereocenters. The van der Waals surface area contributed by atoms with Crippen molar-refractivity contribution in [3.05, 3.63) is 30.1 Å². The van der Waals surface area contributed by atoms with E-state index in [2.05, 4.69) is 4.98 Å². The van der Waals surface area contributed by atoms with E-state index in [1.54, 1.807) is 17.3 Å². The van der Waals surface area contributed by atoms with Crippen molar-refractivity contribution in [2.75, 3.05) is 6.54 Å². The summed E-state index contributed by atoms with van der Waals surface area (Å²) < 4.78 is 5.54. The highest BCUT2D eigenvalue weighted by molar-refractivity contribution is 5.86. The lowest BCUT2D eigenvalue weighted by atomic mass is 10.0. The van der Waals surface area contributed by atoms with Gasteiger partial charge in [-0.15, -0.1) is 0 Å². The second-order valence-corrected chi connectivity index (χ2v) is 8.24. The first-order valence-electron chi connectivity index (χ1n) is 9.54. The molecule has 1 saturated carbocycles. The summed E-state index contributed by atoms with van der Waals surface area (Å²) in [5, 5.41) is 0. The van der Waals surface area contributed by atoms with E-state index in [1.807, 2.05) is 37.8 Å². The summed E-state index contributed by atoms with van der Waals surface area (Å²) in [4.78, 5) is 33.7. The Morgan fingerprint density at radius 3 is 2.65 bits per heavy atom. The molecule has 1 aromatic rings. The first-order valence-corrected chi connectivity index (χ1v) is 9.54. The molecule has 2 amide bonds. The van der Waals surface area contributed by atoms with Crippen LogP contribution in [0, 0.1) is 0 Å². The van der Waals surface area contributed by atoms with E-state index in [0.29, 0.717) is 19.5 Å². The molecule has 2 fully saturated rings. The van der Waals surface area contributed by atoms with Crippen molar-refractivity contribution in [1.29, 1.82) is 0 Å². The first-order chi connectivity index (χ1) is 12.3.